The van der Waals surface area contributed by atoms with Crippen LogP contribution in [0.1, 0.15) is 13.3 Å². The Labute approximate surface area is 78.5 Å². The van der Waals surface area contributed by atoms with Crippen LogP contribution in [0.2, 0.25) is 0 Å². The van der Waals surface area contributed by atoms with Crippen molar-refractivity contribution in [3.63, 3.8) is 0 Å². The molecule has 0 bridgehead atoms. The van der Waals surface area contributed by atoms with Gasteiger partial charge < -0.3 is 9.47 Å². The Bertz CT molecular complexity index is 254. The monoisotopic (exact) mass is 178 g/mol. The van der Waals surface area contributed by atoms with Crippen LogP contribution < -0.4 is 4.74 Å². The third-order valence-electron chi connectivity index (χ3n) is 2.08. The first kappa shape index (κ1) is 8.57. The molecular formula is C11H14O2. The molecule has 1 aromatic rings. The van der Waals surface area contributed by atoms with Gasteiger partial charge in [0.2, 0.25) is 0 Å². The SMILES string of the molecule is CC(CC1CO1)Oc1ccccc1. The van der Waals surface area contributed by atoms with Crippen LogP contribution in [0.15, 0.2) is 30.3 Å². The molecule has 70 valence electrons. The summed E-state index contributed by atoms with van der Waals surface area (Å²) in [7, 11) is 0. The van der Waals surface area contributed by atoms with Crippen LogP contribution in [0, 0.1) is 0 Å². The molecule has 2 rings (SSSR count). The molecule has 2 nitrogen and oxygen atoms in total. The molecule has 1 heterocycles. The highest BCUT2D eigenvalue weighted by atomic mass is 16.6. The average molecular weight is 178 g/mol. The number of hydrogen-bond donors (Lipinski definition) is 0. The zero-order valence-corrected chi connectivity index (χ0v) is 7.77. The van der Waals surface area contributed by atoms with Crippen LogP contribution in [-0.2, 0) is 4.74 Å². The van der Waals surface area contributed by atoms with Gasteiger partial charge in [0, 0.05) is 6.42 Å². The molecule has 2 unspecified atom stereocenters. The van der Waals surface area contributed by atoms with Crippen molar-refractivity contribution >= 4 is 0 Å². The van der Waals surface area contributed by atoms with Crippen LogP contribution in [-0.4, -0.2) is 18.8 Å². The maximum Gasteiger partial charge on any atom is 0.119 e. The lowest BCUT2D eigenvalue weighted by Crippen LogP contribution is -2.14. The number of hydrogen-bond acceptors (Lipinski definition) is 2. The Morgan fingerprint density at radius 1 is 1.46 bits per heavy atom. The fourth-order valence-electron chi connectivity index (χ4n) is 1.35. The molecule has 1 saturated heterocycles. The van der Waals surface area contributed by atoms with E-state index >= 15 is 0 Å². The maximum atomic E-state index is 5.69. The molecule has 1 aromatic carbocycles. The molecule has 1 aliphatic heterocycles. The Kier molecular flexibility index (Phi) is 2.50. The smallest absolute Gasteiger partial charge is 0.119 e. The van der Waals surface area contributed by atoms with Gasteiger partial charge in [-0.2, -0.15) is 0 Å². The third kappa shape index (κ3) is 2.74. The van der Waals surface area contributed by atoms with Gasteiger partial charge in [0.05, 0.1) is 18.8 Å². The van der Waals surface area contributed by atoms with E-state index in [0.29, 0.717) is 6.10 Å². The van der Waals surface area contributed by atoms with E-state index in [9.17, 15) is 0 Å². The standard InChI is InChI=1S/C11H14O2/c1-9(7-11-8-12-11)13-10-5-3-2-4-6-10/h2-6,9,11H,7-8H2,1H3. The van der Waals surface area contributed by atoms with Crippen LogP contribution in [0.25, 0.3) is 0 Å². The number of rotatable bonds is 4. The van der Waals surface area contributed by atoms with Gasteiger partial charge in [0.25, 0.3) is 0 Å². The molecular weight excluding hydrogens is 164 g/mol. The summed E-state index contributed by atoms with van der Waals surface area (Å²) in [5, 5.41) is 0. The summed E-state index contributed by atoms with van der Waals surface area (Å²) in [6.45, 7) is 2.98. The van der Waals surface area contributed by atoms with Crippen molar-refractivity contribution in [3.05, 3.63) is 30.3 Å². The first-order chi connectivity index (χ1) is 6.34. The summed E-state index contributed by atoms with van der Waals surface area (Å²) in [5.41, 5.74) is 0. The van der Waals surface area contributed by atoms with E-state index in [1.807, 2.05) is 30.3 Å². The highest BCUT2D eigenvalue weighted by Gasteiger charge is 2.25. The van der Waals surface area contributed by atoms with Gasteiger partial charge >= 0.3 is 0 Å². The fourth-order valence-corrected chi connectivity index (χ4v) is 1.35. The molecule has 1 aliphatic rings. The molecule has 0 spiro atoms. The van der Waals surface area contributed by atoms with Crippen molar-refractivity contribution in [1.29, 1.82) is 0 Å². The molecule has 0 N–H and O–H groups in total. The largest absolute Gasteiger partial charge is 0.491 e. The third-order valence-corrected chi connectivity index (χ3v) is 2.08. The van der Waals surface area contributed by atoms with E-state index in [1.54, 1.807) is 0 Å². The van der Waals surface area contributed by atoms with Crippen molar-refractivity contribution in [2.45, 2.75) is 25.6 Å². The number of para-hydroxylation sites is 1. The van der Waals surface area contributed by atoms with Crippen LogP contribution in [0.5, 0.6) is 5.75 Å². The molecule has 2 heteroatoms. The van der Waals surface area contributed by atoms with Gasteiger partial charge in [-0.15, -0.1) is 0 Å². The van der Waals surface area contributed by atoms with E-state index in [1.165, 1.54) is 0 Å². The van der Waals surface area contributed by atoms with Crippen molar-refractivity contribution in [2.75, 3.05) is 6.61 Å². The summed E-state index contributed by atoms with van der Waals surface area (Å²) in [5.74, 6) is 0.940. The predicted molar refractivity (Wildman–Crippen MR) is 50.9 cm³/mol. The Morgan fingerprint density at radius 3 is 2.77 bits per heavy atom. The second-order valence-electron chi connectivity index (χ2n) is 3.43. The lowest BCUT2D eigenvalue weighted by atomic mass is 10.2. The molecule has 0 saturated carbocycles. The van der Waals surface area contributed by atoms with E-state index in [2.05, 4.69) is 6.92 Å². The summed E-state index contributed by atoms with van der Waals surface area (Å²) in [4.78, 5) is 0. The average Bonchev–Trinajstić information content (AvgIpc) is 2.90. The van der Waals surface area contributed by atoms with Crippen molar-refractivity contribution in [3.8, 4) is 5.75 Å². The second kappa shape index (κ2) is 3.79. The minimum Gasteiger partial charge on any atom is -0.491 e. The van der Waals surface area contributed by atoms with Gasteiger partial charge in [-0.3, -0.25) is 0 Å². The van der Waals surface area contributed by atoms with Gasteiger partial charge in [0.1, 0.15) is 5.75 Å². The molecule has 0 aliphatic carbocycles. The first-order valence-electron chi connectivity index (χ1n) is 4.68. The predicted octanol–water partition coefficient (Wildman–Crippen LogP) is 2.24. The van der Waals surface area contributed by atoms with Gasteiger partial charge in [-0.05, 0) is 19.1 Å². The molecule has 0 aromatic heterocycles. The van der Waals surface area contributed by atoms with Crippen molar-refractivity contribution < 1.29 is 9.47 Å². The number of ether oxygens (including phenoxy) is 2. The Hall–Kier alpha value is -1.02. The minimum atomic E-state index is 0.245. The minimum absolute atomic E-state index is 0.245. The quantitative estimate of drug-likeness (QED) is 0.659. The van der Waals surface area contributed by atoms with E-state index in [4.69, 9.17) is 9.47 Å². The van der Waals surface area contributed by atoms with Crippen LogP contribution >= 0.6 is 0 Å². The lowest BCUT2D eigenvalue weighted by Gasteiger charge is -2.12. The summed E-state index contributed by atoms with van der Waals surface area (Å²) in [6.07, 6.45) is 1.68. The molecule has 13 heavy (non-hydrogen) atoms. The normalized spacial score (nSPS) is 22.4. The summed E-state index contributed by atoms with van der Waals surface area (Å²) in [6, 6.07) is 9.90. The van der Waals surface area contributed by atoms with E-state index in [0.717, 1.165) is 18.8 Å². The maximum absolute atomic E-state index is 5.69. The number of epoxide rings is 1. The summed E-state index contributed by atoms with van der Waals surface area (Å²) >= 11 is 0. The van der Waals surface area contributed by atoms with Gasteiger partial charge in [0.15, 0.2) is 0 Å². The molecule has 0 amide bonds. The molecule has 0 radical (unpaired) electrons. The lowest BCUT2D eigenvalue weighted by molar-refractivity contribution is 0.195. The van der Waals surface area contributed by atoms with E-state index < -0.39 is 0 Å². The van der Waals surface area contributed by atoms with E-state index in [-0.39, 0.29) is 6.10 Å². The Morgan fingerprint density at radius 2 is 2.15 bits per heavy atom. The first-order valence-corrected chi connectivity index (χ1v) is 4.68. The fraction of sp³-hybridized carbons (Fsp3) is 0.455. The van der Waals surface area contributed by atoms with Crippen molar-refractivity contribution in [1.82, 2.24) is 0 Å². The van der Waals surface area contributed by atoms with Gasteiger partial charge in [-0.1, -0.05) is 18.2 Å². The topological polar surface area (TPSA) is 21.8 Å². The van der Waals surface area contributed by atoms with Gasteiger partial charge in [-0.25, -0.2) is 0 Å². The zero-order valence-electron chi connectivity index (χ0n) is 7.77. The molecule has 1 fully saturated rings. The van der Waals surface area contributed by atoms with Crippen molar-refractivity contribution in [2.24, 2.45) is 0 Å². The number of benzene rings is 1. The highest BCUT2D eigenvalue weighted by molar-refractivity contribution is 5.21. The zero-order chi connectivity index (χ0) is 9.10. The molecule has 2 atom stereocenters. The van der Waals surface area contributed by atoms with Crippen LogP contribution in [0.3, 0.4) is 0 Å². The highest BCUT2D eigenvalue weighted by Crippen LogP contribution is 2.19. The Balaban J connectivity index is 1.82. The second-order valence-corrected chi connectivity index (χ2v) is 3.43. The summed E-state index contributed by atoms with van der Waals surface area (Å²) < 4.78 is 10.8. The van der Waals surface area contributed by atoms with Crippen LogP contribution in [0.4, 0.5) is 0 Å².